The maximum Gasteiger partial charge on any atom is 0.125 e. The summed E-state index contributed by atoms with van der Waals surface area (Å²) in [5.41, 5.74) is 0. The van der Waals surface area contributed by atoms with Gasteiger partial charge in [0.25, 0.3) is 0 Å². The fourth-order valence-corrected chi connectivity index (χ4v) is 3.17. The van der Waals surface area contributed by atoms with E-state index in [2.05, 4.69) is 42.9 Å². The van der Waals surface area contributed by atoms with Crippen LogP contribution < -0.4 is 0 Å². The van der Waals surface area contributed by atoms with Gasteiger partial charge in [0.2, 0.25) is 0 Å². The molecule has 2 aromatic rings. The van der Waals surface area contributed by atoms with Gasteiger partial charge in [0.05, 0.1) is 0 Å². The van der Waals surface area contributed by atoms with Gasteiger partial charge >= 0.3 is 0 Å². The first-order chi connectivity index (χ1) is 5.27. The van der Waals surface area contributed by atoms with Crippen LogP contribution in [0.2, 0.25) is 0 Å². The van der Waals surface area contributed by atoms with Crippen molar-refractivity contribution in [2.45, 2.75) is 0 Å². The maximum absolute atomic E-state index is 4.30. The van der Waals surface area contributed by atoms with Crippen molar-refractivity contribution in [3.05, 3.63) is 26.6 Å². The molecule has 0 unspecified atom stereocenters. The standard InChI is InChI=1S/C7H3Br2NS/c8-5-3-6(9)10-7-4(5)1-2-11-7/h1-3H. The zero-order valence-electron chi connectivity index (χ0n) is 5.34. The van der Waals surface area contributed by atoms with Crippen molar-refractivity contribution in [3.8, 4) is 0 Å². The molecular weight excluding hydrogens is 290 g/mol. The van der Waals surface area contributed by atoms with Gasteiger partial charge in [-0.1, -0.05) is 0 Å². The van der Waals surface area contributed by atoms with Crippen LogP contribution in [0.25, 0.3) is 10.2 Å². The van der Waals surface area contributed by atoms with E-state index in [9.17, 15) is 0 Å². The third-order valence-electron chi connectivity index (χ3n) is 1.36. The Balaban J connectivity index is 2.91. The summed E-state index contributed by atoms with van der Waals surface area (Å²) in [6.07, 6.45) is 0. The highest BCUT2D eigenvalue weighted by molar-refractivity contribution is 9.11. The topological polar surface area (TPSA) is 12.9 Å². The Morgan fingerprint density at radius 1 is 1.36 bits per heavy atom. The van der Waals surface area contributed by atoms with Crippen LogP contribution >= 0.6 is 43.2 Å². The number of pyridine rings is 1. The van der Waals surface area contributed by atoms with E-state index in [1.54, 1.807) is 11.3 Å². The number of rotatable bonds is 0. The molecule has 0 radical (unpaired) electrons. The monoisotopic (exact) mass is 291 g/mol. The number of thiophene rings is 1. The van der Waals surface area contributed by atoms with Gasteiger partial charge in [0.15, 0.2) is 0 Å². The summed E-state index contributed by atoms with van der Waals surface area (Å²) >= 11 is 8.44. The van der Waals surface area contributed by atoms with Crippen molar-refractivity contribution < 1.29 is 0 Å². The molecule has 11 heavy (non-hydrogen) atoms. The third-order valence-corrected chi connectivity index (χ3v) is 3.23. The lowest BCUT2D eigenvalue weighted by atomic mass is 10.4. The number of aromatic nitrogens is 1. The second kappa shape index (κ2) is 2.84. The van der Waals surface area contributed by atoms with Gasteiger partial charge in [-0.3, -0.25) is 0 Å². The van der Waals surface area contributed by atoms with Crippen LogP contribution in [0, 0.1) is 0 Å². The maximum atomic E-state index is 4.30. The third kappa shape index (κ3) is 1.35. The summed E-state index contributed by atoms with van der Waals surface area (Å²) in [6, 6.07) is 4.01. The largest absolute Gasteiger partial charge is 0.230 e. The molecule has 0 N–H and O–H groups in total. The minimum Gasteiger partial charge on any atom is -0.230 e. The normalized spacial score (nSPS) is 10.7. The minimum absolute atomic E-state index is 0.874. The Morgan fingerprint density at radius 2 is 2.18 bits per heavy atom. The molecule has 0 aromatic carbocycles. The molecule has 0 aliphatic rings. The lowest BCUT2D eigenvalue weighted by Crippen LogP contribution is -1.74. The highest BCUT2D eigenvalue weighted by Gasteiger charge is 2.01. The van der Waals surface area contributed by atoms with Crippen molar-refractivity contribution in [2.24, 2.45) is 0 Å². The van der Waals surface area contributed by atoms with E-state index >= 15 is 0 Å². The number of nitrogens with zero attached hydrogens (tertiary/aromatic N) is 1. The molecule has 0 amide bonds. The summed E-state index contributed by atoms with van der Waals surface area (Å²) in [4.78, 5) is 5.36. The summed E-state index contributed by atoms with van der Waals surface area (Å²) in [5.74, 6) is 0. The smallest absolute Gasteiger partial charge is 0.125 e. The highest BCUT2D eigenvalue weighted by atomic mass is 79.9. The molecule has 56 valence electrons. The van der Waals surface area contributed by atoms with Crippen molar-refractivity contribution in [1.29, 1.82) is 0 Å². The van der Waals surface area contributed by atoms with E-state index in [1.807, 2.05) is 11.4 Å². The van der Waals surface area contributed by atoms with Crippen molar-refractivity contribution in [1.82, 2.24) is 4.98 Å². The van der Waals surface area contributed by atoms with E-state index in [1.165, 1.54) is 5.39 Å². The molecule has 0 bridgehead atoms. The van der Waals surface area contributed by atoms with E-state index in [4.69, 9.17) is 0 Å². The molecule has 0 saturated heterocycles. The Bertz CT molecular complexity index is 396. The van der Waals surface area contributed by atoms with Gasteiger partial charge in [-0.2, -0.15) is 0 Å². The van der Waals surface area contributed by atoms with Crippen LogP contribution in [0.5, 0.6) is 0 Å². The van der Waals surface area contributed by atoms with E-state index in [-0.39, 0.29) is 0 Å². The first kappa shape index (κ1) is 7.71. The summed E-state index contributed by atoms with van der Waals surface area (Å²) in [6.45, 7) is 0. The van der Waals surface area contributed by atoms with Crippen molar-refractivity contribution in [2.75, 3.05) is 0 Å². The molecule has 1 nitrogen and oxygen atoms in total. The Morgan fingerprint density at radius 3 is 3.00 bits per heavy atom. The molecule has 4 heteroatoms. The quantitative estimate of drug-likeness (QED) is 0.673. The van der Waals surface area contributed by atoms with Gasteiger partial charge < -0.3 is 0 Å². The Kier molecular flexibility index (Phi) is 1.99. The first-order valence-corrected chi connectivity index (χ1v) is 5.43. The summed E-state index contributed by atoms with van der Waals surface area (Å²) in [5, 5.41) is 3.22. The highest BCUT2D eigenvalue weighted by Crippen LogP contribution is 2.28. The molecule has 0 spiro atoms. The number of halogens is 2. The van der Waals surface area contributed by atoms with Crippen molar-refractivity contribution >= 4 is 53.4 Å². The number of hydrogen-bond acceptors (Lipinski definition) is 2. The second-order valence-electron chi connectivity index (χ2n) is 2.07. The van der Waals surface area contributed by atoms with Crippen LogP contribution in [-0.4, -0.2) is 4.98 Å². The zero-order valence-corrected chi connectivity index (χ0v) is 9.33. The van der Waals surface area contributed by atoms with Gasteiger partial charge in [-0.05, 0) is 49.4 Å². The average molecular weight is 293 g/mol. The molecule has 0 atom stereocenters. The van der Waals surface area contributed by atoms with Crippen LogP contribution in [0.4, 0.5) is 0 Å². The first-order valence-electron chi connectivity index (χ1n) is 2.96. The fourth-order valence-electron chi connectivity index (χ4n) is 0.881. The molecule has 2 aromatic heterocycles. The Hall–Kier alpha value is 0.0700. The van der Waals surface area contributed by atoms with E-state index in [0.717, 1.165) is 13.9 Å². The zero-order chi connectivity index (χ0) is 7.84. The van der Waals surface area contributed by atoms with Crippen molar-refractivity contribution in [3.63, 3.8) is 0 Å². The van der Waals surface area contributed by atoms with E-state index < -0.39 is 0 Å². The summed E-state index contributed by atoms with van der Waals surface area (Å²) < 4.78 is 1.97. The van der Waals surface area contributed by atoms with Gasteiger partial charge in [-0.15, -0.1) is 11.3 Å². The van der Waals surface area contributed by atoms with Gasteiger partial charge in [0, 0.05) is 9.86 Å². The number of fused-ring (bicyclic) bond motifs is 1. The van der Waals surface area contributed by atoms with Crippen LogP contribution in [-0.2, 0) is 0 Å². The fraction of sp³-hybridized carbons (Fsp3) is 0. The van der Waals surface area contributed by atoms with Gasteiger partial charge in [0.1, 0.15) is 9.43 Å². The number of hydrogen-bond donors (Lipinski definition) is 0. The molecule has 0 aliphatic carbocycles. The predicted octanol–water partition coefficient (Wildman–Crippen LogP) is 3.82. The SMILES string of the molecule is Brc1cc(Br)c2ccsc2n1. The Labute approximate surface area is 84.7 Å². The summed E-state index contributed by atoms with van der Waals surface area (Å²) in [7, 11) is 0. The van der Waals surface area contributed by atoms with Crippen LogP contribution in [0.1, 0.15) is 0 Å². The molecule has 0 aliphatic heterocycles. The second-order valence-corrected chi connectivity index (χ2v) is 4.63. The molecule has 2 rings (SSSR count). The van der Waals surface area contributed by atoms with Crippen LogP contribution in [0.15, 0.2) is 26.6 Å². The lowest BCUT2D eigenvalue weighted by Gasteiger charge is -1.93. The van der Waals surface area contributed by atoms with Gasteiger partial charge in [-0.25, -0.2) is 4.98 Å². The lowest BCUT2D eigenvalue weighted by molar-refractivity contribution is 1.37. The molecule has 0 fully saturated rings. The minimum atomic E-state index is 0.874. The molecule has 0 saturated carbocycles. The molecular formula is C7H3Br2NS. The van der Waals surface area contributed by atoms with E-state index in [0.29, 0.717) is 0 Å². The molecule has 2 heterocycles. The van der Waals surface area contributed by atoms with Crippen LogP contribution in [0.3, 0.4) is 0 Å². The average Bonchev–Trinajstić information content (AvgIpc) is 2.34. The predicted molar refractivity (Wildman–Crippen MR) is 55.0 cm³/mol.